The number of carboxylic acids is 1. The van der Waals surface area contributed by atoms with Crippen LogP contribution >= 0.6 is 0 Å². The Kier molecular flexibility index (Phi) is 1.78. The minimum absolute atomic E-state index is 0.324. The molecule has 0 amide bonds. The van der Waals surface area contributed by atoms with Crippen LogP contribution in [0.15, 0.2) is 22.5 Å². The SMILES string of the molecule is O=C(O)C1=CC=CS1=S. The first-order valence-corrected chi connectivity index (χ1v) is 4.45. The molecule has 1 rings (SSSR count). The third kappa shape index (κ3) is 1.25. The predicted octanol–water partition coefficient (Wildman–Crippen LogP) is 0.562. The molecule has 0 saturated heterocycles. The van der Waals surface area contributed by atoms with Crippen molar-refractivity contribution in [2.24, 2.45) is 0 Å². The Morgan fingerprint density at radius 3 is 2.67 bits per heavy atom. The lowest BCUT2D eigenvalue weighted by Crippen LogP contribution is -2.00. The maximum atomic E-state index is 10.2. The number of aliphatic carboxylic acids is 1. The Morgan fingerprint density at radius 1 is 1.78 bits per heavy atom. The maximum absolute atomic E-state index is 10.2. The number of carbonyl (C=O) groups is 1. The first-order chi connectivity index (χ1) is 4.22. The summed E-state index contributed by atoms with van der Waals surface area (Å²) in [5.41, 5.74) is 0. The Morgan fingerprint density at radius 2 is 2.44 bits per heavy atom. The highest BCUT2D eigenvalue weighted by Crippen LogP contribution is 2.10. The van der Waals surface area contributed by atoms with Crippen LogP contribution in [-0.4, -0.2) is 11.1 Å². The van der Waals surface area contributed by atoms with Crippen LogP contribution in [-0.2, 0) is 25.4 Å². The summed E-state index contributed by atoms with van der Waals surface area (Å²) in [4.78, 5) is 10.6. The van der Waals surface area contributed by atoms with Gasteiger partial charge in [-0.2, -0.15) is 0 Å². The van der Waals surface area contributed by atoms with Crippen LogP contribution in [0.2, 0.25) is 0 Å². The van der Waals surface area contributed by atoms with E-state index in [0.29, 0.717) is 4.91 Å². The van der Waals surface area contributed by atoms with Crippen LogP contribution < -0.4 is 0 Å². The first-order valence-electron chi connectivity index (χ1n) is 2.24. The molecule has 4 heteroatoms. The fourth-order valence-corrected chi connectivity index (χ4v) is 1.82. The highest BCUT2D eigenvalue weighted by atomic mass is 32.8. The molecule has 1 aliphatic heterocycles. The Bertz CT molecular complexity index is 227. The monoisotopic (exact) mass is 160 g/mol. The minimum Gasteiger partial charge on any atom is -0.477 e. The number of hydrogen-bond acceptors (Lipinski definition) is 2. The molecule has 0 fully saturated rings. The summed E-state index contributed by atoms with van der Waals surface area (Å²) in [6.07, 6.45) is 3.22. The van der Waals surface area contributed by atoms with Crippen LogP contribution in [0.4, 0.5) is 0 Å². The molecule has 0 bridgehead atoms. The lowest BCUT2D eigenvalue weighted by Gasteiger charge is -1.91. The van der Waals surface area contributed by atoms with Gasteiger partial charge in [0.25, 0.3) is 0 Å². The van der Waals surface area contributed by atoms with E-state index >= 15 is 0 Å². The van der Waals surface area contributed by atoms with Gasteiger partial charge >= 0.3 is 5.97 Å². The van der Waals surface area contributed by atoms with Gasteiger partial charge in [0.1, 0.15) is 4.91 Å². The zero-order valence-electron chi connectivity index (χ0n) is 4.40. The topological polar surface area (TPSA) is 37.3 Å². The van der Waals surface area contributed by atoms with E-state index in [0.717, 1.165) is 0 Å². The van der Waals surface area contributed by atoms with Gasteiger partial charge in [0.15, 0.2) is 0 Å². The van der Waals surface area contributed by atoms with Gasteiger partial charge in [-0.15, -0.1) is 0 Å². The predicted molar refractivity (Wildman–Crippen MR) is 39.6 cm³/mol. The fourth-order valence-electron chi connectivity index (χ4n) is 0.496. The zero-order chi connectivity index (χ0) is 6.85. The smallest absolute Gasteiger partial charge is 0.342 e. The van der Waals surface area contributed by atoms with Crippen molar-refractivity contribution in [1.82, 2.24) is 0 Å². The third-order valence-electron chi connectivity index (χ3n) is 0.877. The molecule has 0 aromatic carbocycles. The lowest BCUT2D eigenvalue weighted by atomic mass is 10.5. The van der Waals surface area contributed by atoms with E-state index in [4.69, 9.17) is 16.3 Å². The molecule has 0 aromatic rings. The number of carboxylic acid groups (broad SMARTS) is 1. The molecule has 1 heterocycles. The van der Waals surface area contributed by atoms with E-state index in [9.17, 15) is 4.79 Å². The van der Waals surface area contributed by atoms with Crippen molar-refractivity contribution in [3.8, 4) is 0 Å². The van der Waals surface area contributed by atoms with Gasteiger partial charge < -0.3 is 5.11 Å². The minimum atomic E-state index is -0.904. The second-order valence-corrected chi connectivity index (χ2v) is 3.85. The van der Waals surface area contributed by atoms with Crippen LogP contribution in [0.5, 0.6) is 0 Å². The average molecular weight is 160 g/mol. The summed E-state index contributed by atoms with van der Waals surface area (Å²) in [6, 6.07) is 0. The maximum Gasteiger partial charge on any atom is 0.342 e. The molecule has 0 spiro atoms. The largest absolute Gasteiger partial charge is 0.477 e. The number of rotatable bonds is 1. The molecule has 0 radical (unpaired) electrons. The van der Waals surface area contributed by atoms with Crippen molar-refractivity contribution < 1.29 is 9.90 Å². The van der Waals surface area contributed by atoms with Gasteiger partial charge in [-0.25, -0.2) is 4.79 Å². The summed E-state index contributed by atoms with van der Waals surface area (Å²) in [6.45, 7) is 0. The second-order valence-electron chi connectivity index (χ2n) is 1.46. The van der Waals surface area contributed by atoms with Crippen LogP contribution in [0.25, 0.3) is 0 Å². The quantitative estimate of drug-likeness (QED) is 0.609. The first kappa shape index (κ1) is 6.64. The molecule has 1 unspecified atom stereocenters. The molecule has 1 N–H and O–H groups in total. The third-order valence-corrected chi connectivity index (χ3v) is 2.90. The zero-order valence-corrected chi connectivity index (χ0v) is 6.04. The van der Waals surface area contributed by atoms with Crippen molar-refractivity contribution in [2.45, 2.75) is 0 Å². The molecular weight excluding hydrogens is 156 g/mol. The summed E-state index contributed by atoms with van der Waals surface area (Å²) >= 11 is 4.79. The molecule has 0 aromatic heterocycles. The molecular formula is C5H4O2S2. The van der Waals surface area contributed by atoms with Gasteiger partial charge in [0.2, 0.25) is 0 Å². The van der Waals surface area contributed by atoms with Gasteiger partial charge in [-0.3, -0.25) is 0 Å². The number of allylic oxidation sites excluding steroid dienone is 2. The highest BCUT2D eigenvalue weighted by Gasteiger charge is 2.11. The Balaban J connectivity index is 2.88. The number of hydrogen-bond donors (Lipinski definition) is 1. The highest BCUT2D eigenvalue weighted by molar-refractivity contribution is 8.33. The van der Waals surface area contributed by atoms with Crippen molar-refractivity contribution in [1.29, 1.82) is 0 Å². The standard InChI is InChI=1S/C5H4O2S2/c6-5(7)4-2-1-3-9(4)8/h1-3H,(H,6,7). The van der Waals surface area contributed by atoms with E-state index < -0.39 is 15.4 Å². The summed E-state index contributed by atoms with van der Waals surface area (Å²) in [5, 5.41) is 10.1. The molecule has 9 heavy (non-hydrogen) atoms. The van der Waals surface area contributed by atoms with Crippen molar-refractivity contribution in [3.63, 3.8) is 0 Å². The van der Waals surface area contributed by atoms with Gasteiger partial charge in [-0.05, 0) is 22.7 Å². The normalized spacial score (nSPS) is 24.0. The fraction of sp³-hybridized carbons (Fsp3) is 0. The molecule has 48 valence electrons. The Labute approximate surface area is 59.5 Å². The van der Waals surface area contributed by atoms with Gasteiger partial charge in [0, 0.05) is 0 Å². The molecule has 2 nitrogen and oxygen atoms in total. The van der Waals surface area contributed by atoms with Crippen molar-refractivity contribution in [3.05, 3.63) is 22.5 Å². The van der Waals surface area contributed by atoms with E-state index in [1.54, 1.807) is 17.6 Å². The van der Waals surface area contributed by atoms with Crippen molar-refractivity contribution >= 4 is 26.6 Å². The van der Waals surface area contributed by atoms with Crippen LogP contribution in [0, 0.1) is 0 Å². The van der Waals surface area contributed by atoms with Gasteiger partial charge in [0.05, 0.1) is 0 Å². The molecule has 1 aliphatic rings. The molecule has 1 atom stereocenters. The Hall–Kier alpha value is -0.480. The summed E-state index contributed by atoms with van der Waals surface area (Å²) in [5.74, 6) is -0.904. The summed E-state index contributed by atoms with van der Waals surface area (Å²) in [7, 11) is -0.576. The van der Waals surface area contributed by atoms with Crippen LogP contribution in [0.3, 0.4) is 0 Å². The van der Waals surface area contributed by atoms with E-state index in [1.165, 1.54) is 0 Å². The lowest BCUT2D eigenvalue weighted by molar-refractivity contribution is -0.131. The average Bonchev–Trinajstić information content (AvgIpc) is 2.13. The van der Waals surface area contributed by atoms with Crippen molar-refractivity contribution in [2.75, 3.05) is 0 Å². The van der Waals surface area contributed by atoms with E-state index in [-0.39, 0.29) is 0 Å². The molecule has 0 saturated carbocycles. The van der Waals surface area contributed by atoms with E-state index in [1.807, 2.05) is 0 Å². The second kappa shape index (κ2) is 2.41. The summed E-state index contributed by atoms with van der Waals surface area (Å²) < 4.78 is 0. The molecule has 0 aliphatic carbocycles. The van der Waals surface area contributed by atoms with Crippen LogP contribution in [0.1, 0.15) is 0 Å². The van der Waals surface area contributed by atoms with Gasteiger partial charge in [-0.1, -0.05) is 15.5 Å². The van der Waals surface area contributed by atoms with E-state index in [2.05, 4.69) is 0 Å².